The number of H-pyrrole nitrogens is 1. The summed E-state index contributed by atoms with van der Waals surface area (Å²) < 4.78 is 1.87. The van der Waals surface area contributed by atoms with Crippen LogP contribution in [0.5, 0.6) is 0 Å². The van der Waals surface area contributed by atoms with Crippen molar-refractivity contribution in [2.24, 2.45) is 0 Å². The monoisotopic (exact) mass is 280 g/mol. The van der Waals surface area contributed by atoms with Gasteiger partial charge in [0.25, 0.3) is 0 Å². The van der Waals surface area contributed by atoms with Crippen molar-refractivity contribution in [3.8, 4) is 0 Å². The van der Waals surface area contributed by atoms with Crippen LogP contribution in [0.15, 0.2) is 28.5 Å². The molecule has 0 spiro atoms. The van der Waals surface area contributed by atoms with Crippen LogP contribution >= 0.6 is 11.8 Å². The first-order valence-corrected chi connectivity index (χ1v) is 6.49. The molecule has 2 aromatic rings. The molecule has 100 valence electrons. The van der Waals surface area contributed by atoms with E-state index in [0.29, 0.717) is 18.0 Å². The summed E-state index contributed by atoms with van der Waals surface area (Å²) in [6.07, 6.45) is 5.16. The zero-order valence-corrected chi connectivity index (χ0v) is 11.0. The lowest BCUT2D eigenvalue weighted by Gasteiger charge is -2.07. The second-order valence-electron chi connectivity index (χ2n) is 3.80. The number of aryl methyl sites for hydroxylation is 2. The molecule has 19 heavy (non-hydrogen) atoms. The molecule has 0 radical (unpaired) electrons. The summed E-state index contributed by atoms with van der Waals surface area (Å²) in [6, 6.07) is 0. The second-order valence-corrected chi connectivity index (χ2v) is 4.88. The molecule has 0 fully saturated rings. The number of aromatic amines is 1. The van der Waals surface area contributed by atoms with Gasteiger partial charge in [-0.2, -0.15) is 4.98 Å². The molecule has 0 aliphatic carbocycles. The first kappa shape index (κ1) is 13.3. The van der Waals surface area contributed by atoms with Crippen molar-refractivity contribution in [2.75, 3.05) is 5.75 Å². The van der Waals surface area contributed by atoms with Crippen molar-refractivity contribution in [1.29, 1.82) is 0 Å². The molecule has 0 aromatic carbocycles. The van der Waals surface area contributed by atoms with Crippen molar-refractivity contribution in [3.05, 3.63) is 40.5 Å². The first-order valence-electron chi connectivity index (χ1n) is 5.50. The van der Waals surface area contributed by atoms with Gasteiger partial charge in [-0.3, -0.25) is 0 Å². The van der Waals surface area contributed by atoms with E-state index in [4.69, 9.17) is 5.11 Å². The number of aromatic nitrogens is 4. The molecular formula is C11H12N4O3S. The Morgan fingerprint density at radius 3 is 3.00 bits per heavy atom. The van der Waals surface area contributed by atoms with E-state index in [1.54, 1.807) is 19.4 Å². The Morgan fingerprint density at radius 1 is 1.58 bits per heavy atom. The fourth-order valence-electron chi connectivity index (χ4n) is 1.58. The third-order valence-corrected chi connectivity index (χ3v) is 3.40. The Morgan fingerprint density at radius 2 is 2.37 bits per heavy atom. The van der Waals surface area contributed by atoms with E-state index >= 15 is 0 Å². The number of nitrogens with zero attached hydrogens (tertiary/aromatic N) is 3. The fraction of sp³-hybridized carbons (Fsp3) is 0.273. The van der Waals surface area contributed by atoms with Gasteiger partial charge in [0.1, 0.15) is 10.6 Å². The summed E-state index contributed by atoms with van der Waals surface area (Å²) in [7, 11) is 0. The molecule has 2 rings (SSSR count). The average molecular weight is 280 g/mol. The number of carboxylic acids is 1. The Labute approximate surface area is 112 Å². The third-order valence-electron chi connectivity index (χ3n) is 2.45. The summed E-state index contributed by atoms with van der Waals surface area (Å²) >= 11 is 1.24. The Hall–Kier alpha value is -2.09. The summed E-state index contributed by atoms with van der Waals surface area (Å²) in [5.74, 6) is -0.488. The number of thioether (sulfide) groups is 1. The van der Waals surface area contributed by atoms with Gasteiger partial charge in [-0.15, -0.1) is 11.8 Å². The van der Waals surface area contributed by atoms with Crippen LogP contribution in [0.4, 0.5) is 0 Å². The second kappa shape index (κ2) is 5.70. The molecule has 0 aliphatic heterocycles. The normalized spacial score (nSPS) is 10.6. The zero-order chi connectivity index (χ0) is 13.8. The topological polar surface area (TPSA) is 101 Å². The number of carbonyl (C=O) groups is 1. The highest BCUT2D eigenvalue weighted by Gasteiger charge is 2.16. The van der Waals surface area contributed by atoms with Crippen LogP contribution in [0.1, 0.15) is 16.1 Å². The number of rotatable bonds is 5. The SMILES string of the molecule is Cc1[nH]c(=O)nc(SCCn2ccnc2)c1C(=O)O. The molecule has 2 N–H and O–H groups in total. The van der Waals surface area contributed by atoms with Crippen molar-refractivity contribution < 1.29 is 9.90 Å². The molecule has 0 amide bonds. The van der Waals surface area contributed by atoms with Crippen LogP contribution in [0.3, 0.4) is 0 Å². The van der Waals surface area contributed by atoms with Crippen molar-refractivity contribution in [3.63, 3.8) is 0 Å². The molecular weight excluding hydrogens is 268 g/mol. The minimum Gasteiger partial charge on any atom is -0.478 e. The minimum atomic E-state index is -1.09. The van der Waals surface area contributed by atoms with Crippen molar-refractivity contribution >= 4 is 17.7 Å². The predicted octanol–water partition coefficient (Wildman–Crippen LogP) is 0.765. The first-order chi connectivity index (χ1) is 9.08. The predicted molar refractivity (Wildman–Crippen MR) is 69.5 cm³/mol. The molecule has 2 heterocycles. The number of nitrogens with one attached hydrogen (secondary N) is 1. The largest absolute Gasteiger partial charge is 0.478 e. The van der Waals surface area contributed by atoms with Gasteiger partial charge in [0, 0.05) is 30.4 Å². The van der Waals surface area contributed by atoms with E-state index < -0.39 is 11.7 Å². The quantitative estimate of drug-likeness (QED) is 0.619. The highest BCUT2D eigenvalue weighted by atomic mass is 32.2. The Kier molecular flexibility index (Phi) is 4.00. The van der Waals surface area contributed by atoms with Gasteiger partial charge in [-0.05, 0) is 6.92 Å². The van der Waals surface area contributed by atoms with Crippen LogP contribution in [-0.4, -0.2) is 36.3 Å². The zero-order valence-electron chi connectivity index (χ0n) is 10.2. The lowest BCUT2D eigenvalue weighted by molar-refractivity contribution is 0.0690. The van der Waals surface area contributed by atoms with E-state index in [1.165, 1.54) is 11.8 Å². The van der Waals surface area contributed by atoms with Gasteiger partial charge in [-0.25, -0.2) is 14.6 Å². The smallest absolute Gasteiger partial charge is 0.346 e. The van der Waals surface area contributed by atoms with E-state index in [2.05, 4.69) is 15.0 Å². The minimum absolute atomic E-state index is 0.0511. The molecule has 0 unspecified atom stereocenters. The number of hydrogen-bond acceptors (Lipinski definition) is 5. The van der Waals surface area contributed by atoms with Gasteiger partial charge < -0.3 is 14.7 Å². The Bertz CT molecular complexity index is 636. The number of carboxylic acid groups (broad SMARTS) is 1. The van der Waals surface area contributed by atoms with E-state index in [0.717, 1.165) is 0 Å². The maximum absolute atomic E-state index is 11.3. The number of hydrogen-bond donors (Lipinski definition) is 2. The van der Waals surface area contributed by atoms with Crippen LogP contribution < -0.4 is 5.69 Å². The van der Waals surface area contributed by atoms with Gasteiger partial charge in [0.05, 0.1) is 6.33 Å². The van der Waals surface area contributed by atoms with E-state index in [-0.39, 0.29) is 10.6 Å². The van der Waals surface area contributed by atoms with Gasteiger partial charge >= 0.3 is 11.7 Å². The summed E-state index contributed by atoms with van der Waals surface area (Å²) in [5, 5.41) is 9.37. The van der Waals surface area contributed by atoms with Crippen LogP contribution in [0.2, 0.25) is 0 Å². The average Bonchev–Trinajstić information content (AvgIpc) is 2.80. The third kappa shape index (κ3) is 3.22. The maximum atomic E-state index is 11.3. The molecule has 0 saturated carbocycles. The van der Waals surface area contributed by atoms with Gasteiger partial charge in [0.2, 0.25) is 0 Å². The number of aromatic carboxylic acids is 1. The molecule has 0 atom stereocenters. The lowest BCUT2D eigenvalue weighted by Crippen LogP contribution is -2.18. The van der Waals surface area contributed by atoms with E-state index in [9.17, 15) is 9.59 Å². The van der Waals surface area contributed by atoms with Gasteiger partial charge in [-0.1, -0.05) is 0 Å². The van der Waals surface area contributed by atoms with Crippen LogP contribution in [-0.2, 0) is 6.54 Å². The summed E-state index contributed by atoms with van der Waals surface area (Å²) in [5.41, 5.74) is -0.166. The molecule has 7 nitrogen and oxygen atoms in total. The van der Waals surface area contributed by atoms with Crippen LogP contribution in [0, 0.1) is 6.92 Å². The molecule has 8 heteroatoms. The van der Waals surface area contributed by atoms with E-state index in [1.807, 2.05) is 10.8 Å². The van der Waals surface area contributed by atoms with Gasteiger partial charge in [0.15, 0.2) is 0 Å². The number of imidazole rings is 1. The Balaban J connectivity index is 2.15. The fourth-order valence-corrected chi connectivity index (χ4v) is 2.61. The molecule has 0 bridgehead atoms. The standard InChI is InChI=1S/C11H12N4O3S/c1-7-8(10(16)17)9(14-11(18)13-7)19-5-4-15-3-2-12-6-15/h2-3,6H,4-5H2,1H3,(H,16,17)(H,13,14,18). The summed E-state index contributed by atoms with van der Waals surface area (Å²) in [4.78, 5) is 32.5. The lowest BCUT2D eigenvalue weighted by atomic mass is 10.2. The van der Waals surface area contributed by atoms with Crippen LogP contribution in [0.25, 0.3) is 0 Å². The summed E-state index contributed by atoms with van der Waals surface area (Å²) in [6.45, 7) is 2.21. The molecule has 2 aromatic heterocycles. The maximum Gasteiger partial charge on any atom is 0.346 e. The highest BCUT2D eigenvalue weighted by molar-refractivity contribution is 7.99. The molecule has 0 saturated heterocycles. The highest BCUT2D eigenvalue weighted by Crippen LogP contribution is 2.20. The van der Waals surface area contributed by atoms with Crippen molar-refractivity contribution in [2.45, 2.75) is 18.5 Å². The molecule has 0 aliphatic rings. The van der Waals surface area contributed by atoms with Crippen molar-refractivity contribution in [1.82, 2.24) is 19.5 Å².